The van der Waals surface area contributed by atoms with E-state index in [-0.39, 0.29) is 17.7 Å². The van der Waals surface area contributed by atoms with E-state index in [1.54, 1.807) is 4.72 Å². The Labute approximate surface area is 142 Å². The Kier molecular flexibility index (Phi) is 6.51. The lowest BCUT2D eigenvalue weighted by molar-refractivity contribution is -0.385. The van der Waals surface area contributed by atoms with E-state index in [2.05, 4.69) is 0 Å². The van der Waals surface area contributed by atoms with Crippen molar-refractivity contribution in [3.63, 3.8) is 0 Å². The standard InChI is InChI=1S/C13H17F2N3O6S/c1-3-24-12(19)10-4-9(5-11(8(10)2)18(20)21)25(22,23)17-7-13(14,15)6-16/h4-5,17H,3,6-7,16H2,1-2H3. The minimum Gasteiger partial charge on any atom is -0.462 e. The summed E-state index contributed by atoms with van der Waals surface area (Å²) < 4.78 is 56.9. The van der Waals surface area contributed by atoms with E-state index >= 15 is 0 Å². The number of nitrogens with zero attached hydrogens (tertiary/aromatic N) is 1. The normalized spacial score (nSPS) is 12.0. The van der Waals surface area contributed by atoms with E-state index in [4.69, 9.17) is 10.5 Å². The molecule has 1 aromatic rings. The fraction of sp³-hybridized carbons (Fsp3) is 0.462. The van der Waals surface area contributed by atoms with E-state index in [1.807, 2.05) is 0 Å². The number of alkyl halides is 2. The Morgan fingerprint density at radius 1 is 1.44 bits per heavy atom. The molecule has 140 valence electrons. The molecule has 0 radical (unpaired) electrons. The first-order chi connectivity index (χ1) is 11.4. The third-order valence-electron chi connectivity index (χ3n) is 3.18. The minimum atomic E-state index is -4.55. The Hall–Kier alpha value is -2.18. The summed E-state index contributed by atoms with van der Waals surface area (Å²) in [5.41, 5.74) is 3.72. The van der Waals surface area contributed by atoms with Gasteiger partial charge in [0.2, 0.25) is 10.0 Å². The van der Waals surface area contributed by atoms with Gasteiger partial charge in [-0.3, -0.25) is 10.1 Å². The molecule has 0 amide bonds. The van der Waals surface area contributed by atoms with Gasteiger partial charge in [-0.25, -0.2) is 26.7 Å². The summed E-state index contributed by atoms with van der Waals surface area (Å²) in [6.45, 7) is 0.333. The van der Waals surface area contributed by atoms with Crippen LogP contribution in [0.15, 0.2) is 17.0 Å². The zero-order valence-corrected chi connectivity index (χ0v) is 14.2. The smallest absolute Gasteiger partial charge is 0.338 e. The molecule has 1 aromatic carbocycles. The van der Waals surface area contributed by atoms with Gasteiger partial charge in [-0.05, 0) is 19.9 Å². The molecule has 9 nitrogen and oxygen atoms in total. The average molecular weight is 381 g/mol. The molecule has 25 heavy (non-hydrogen) atoms. The van der Waals surface area contributed by atoms with Gasteiger partial charge in [0.25, 0.3) is 11.6 Å². The molecule has 0 aliphatic carbocycles. The van der Waals surface area contributed by atoms with Crippen LogP contribution in [0.1, 0.15) is 22.8 Å². The van der Waals surface area contributed by atoms with Crippen LogP contribution in [0, 0.1) is 17.0 Å². The molecule has 0 unspecified atom stereocenters. The van der Waals surface area contributed by atoms with Gasteiger partial charge in [0, 0.05) is 11.6 Å². The summed E-state index contributed by atoms with van der Waals surface area (Å²) >= 11 is 0. The number of nitro groups is 1. The van der Waals surface area contributed by atoms with Crippen LogP contribution in [0.2, 0.25) is 0 Å². The fourth-order valence-corrected chi connectivity index (χ4v) is 2.90. The summed E-state index contributed by atoms with van der Waals surface area (Å²) in [6.07, 6.45) is 0. The van der Waals surface area contributed by atoms with Crippen LogP contribution in [0.5, 0.6) is 0 Å². The summed E-state index contributed by atoms with van der Waals surface area (Å²) in [4.78, 5) is 21.4. The van der Waals surface area contributed by atoms with Gasteiger partial charge < -0.3 is 10.5 Å². The maximum atomic E-state index is 13.1. The van der Waals surface area contributed by atoms with Crippen LogP contribution in [0.25, 0.3) is 0 Å². The van der Waals surface area contributed by atoms with Crippen molar-refractivity contribution in [2.75, 3.05) is 19.7 Å². The number of esters is 1. The van der Waals surface area contributed by atoms with Crippen molar-refractivity contribution >= 4 is 21.7 Å². The summed E-state index contributed by atoms with van der Waals surface area (Å²) in [6, 6.07) is 1.52. The molecule has 0 fully saturated rings. The van der Waals surface area contributed by atoms with E-state index in [0.29, 0.717) is 6.07 Å². The van der Waals surface area contributed by atoms with Gasteiger partial charge in [0.15, 0.2) is 0 Å². The second kappa shape index (κ2) is 7.80. The van der Waals surface area contributed by atoms with Crippen LogP contribution < -0.4 is 10.5 Å². The average Bonchev–Trinajstić information content (AvgIpc) is 2.53. The molecule has 3 N–H and O–H groups in total. The van der Waals surface area contributed by atoms with Crippen molar-refractivity contribution in [3.8, 4) is 0 Å². The van der Waals surface area contributed by atoms with Crippen LogP contribution in [0.4, 0.5) is 14.5 Å². The maximum absolute atomic E-state index is 13.1. The number of hydrogen-bond acceptors (Lipinski definition) is 7. The lowest BCUT2D eigenvalue weighted by Gasteiger charge is -2.15. The summed E-state index contributed by atoms with van der Waals surface area (Å²) in [5.74, 6) is -4.46. The number of rotatable bonds is 8. The number of sulfonamides is 1. The number of benzene rings is 1. The number of carbonyl (C=O) groups excluding carboxylic acids is 1. The van der Waals surface area contributed by atoms with Crippen LogP contribution in [-0.4, -0.2) is 44.9 Å². The van der Waals surface area contributed by atoms with Gasteiger partial charge >= 0.3 is 5.97 Å². The third kappa shape index (κ3) is 5.14. The second-order valence-electron chi connectivity index (χ2n) is 4.98. The van der Waals surface area contributed by atoms with Gasteiger partial charge in [0.1, 0.15) is 0 Å². The predicted molar refractivity (Wildman–Crippen MR) is 83.0 cm³/mol. The number of nitrogens with one attached hydrogen (secondary N) is 1. The first-order valence-corrected chi connectivity index (χ1v) is 8.47. The van der Waals surface area contributed by atoms with Crippen molar-refractivity contribution in [3.05, 3.63) is 33.4 Å². The lowest BCUT2D eigenvalue weighted by Crippen LogP contribution is -2.41. The van der Waals surface area contributed by atoms with Crippen molar-refractivity contribution in [2.24, 2.45) is 5.73 Å². The number of hydrogen-bond donors (Lipinski definition) is 2. The van der Waals surface area contributed by atoms with Crippen LogP contribution in [-0.2, 0) is 14.8 Å². The summed E-state index contributed by atoms with van der Waals surface area (Å²) in [7, 11) is -4.55. The summed E-state index contributed by atoms with van der Waals surface area (Å²) in [5, 5.41) is 11.1. The van der Waals surface area contributed by atoms with Crippen molar-refractivity contribution in [2.45, 2.75) is 24.7 Å². The predicted octanol–water partition coefficient (Wildman–Crippen LogP) is 0.952. The van der Waals surface area contributed by atoms with Gasteiger partial charge in [-0.1, -0.05) is 0 Å². The fourth-order valence-electron chi connectivity index (χ4n) is 1.79. The maximum Gasteiger partial charge on any atom is 0.338 e. The highest BCUT2D eigenvalue weighted by atomic mass is 32.2. The zero-order chi connectivity index (χ0) is 19.4. The SMILES string of the molecule is CCOC(=O)c1cc(S(=O)(=O)NCC(F)(F)CN)cc([N+](=O)[O-])c1C. The molecule has 0 aliphatic heterocycles. The van der Waals surface area contributed by atoms with Crippen molar-refractivity contribution in [1.82, 2.24) is 4.72 Å². The number of ether oxygens (including phenoxy) is 1. The number of carbonyl (C=O) groups is 1. The van der Waals surface area contributed by atoms with Gasteiger partial charge in [0.05, 0.1) is 35.1 Å². The highest BCUT2D eigenvalue weighted by Crippen LogP contribution is 2.27. The second-order valence-corrected chi connectivity index (χ2v) is 6.74. The molecule has 0 saturated heterocycles. The Balaban J connectivity index is 3.39. The molecule has 0 spiro atoms. The molecule has 0 heterocycles. The first-order valence-electron chi connectivity index (χ1n) is 6.99. The van der Waals surface area contributed by atoms with E-state index < -0.39 is 50.5 Å². The molecule has 0 aromatic heterocycles. The zero-order valence-electron chi connectivity index (χ0n) is 13.4. The molecule has 0 aliphatic rings. The number of halogens is 2. The lowest BCUT2D eigenvalue weighted by atomic mass is 10.1. The monoisotopic (exact) mass is 381 g/mol. The number of nitro benzene ring substituents is 1. The Bertz CT molecular complexity index is 782. The molecule has 0 saturated carbocycles. The molecule has 0 bridgehead atoms. The van der Waals surface area contributed by atoms with Crippen molar-refractivity contribution in [1.29, 1.82) is 0 Å². The van der Waals surface area contributed by atoms with Crippen molar-refractivity contribution < 1.29 is 31.7 Å². The first kappa shape index (κ1) is 20.9. The van der Waals surface area contributed by atoms with E-state index in [0.717, 1.165) is 6.07 Å². The molecule has 12 heteroatoms. The topological polar surface area (TPSA) is 142 Å². The quantitative estimate of drug-likeness (QED) is 0.388. The Morgan fingerprint density at radius 2 is 2.04 bits per heavy atom. The largest absolute Gasteiger partial charge is 0.462 e. The van der Waals surface area contributed by atoms with E-state index in [1.165, 1.54) is 13.8 Å². The highest BCUT2D eigenvalue weighted by molar-refractivity contribution is 7.89. The van der Waals surface area contributed by atoms with Crippen LogP contribution in [0.3, 0.4) is 0 Å². The van der Waals surface area contributed by atoms with Gasteiger partial charge in [-0.2, -0.15) is 0 Å². The highest BCUT2D eigenvalue weighted by Gasteiger charge is 2.31. The molecular formula is C13H17F2N3O6S. The van der Waals surface area contributed by atoms with Gasteiger partial charge in [-0.15, -0.1) is 0 Å². The molecule has 0 atom stereocenters. The minimum absolute atomic E-state index is 0.0377. The third-order valence-corrected chi connectivity index (χ3v) is 4.56. The Morgan fingerprint density at radius 3 is 2.52 bits per heavy atom. The van der Waals surface area contributed by atoms with E-state index in [9.17, 15) is 32.1 Å². The molecule has 1 rings (SSSR count). The van der Waals surface area contributed by atoms with Crippen LogP contribution >= 0.6 is 0 Å². The molecular weight excluding hydrogens is 364 g/mol. The number of nitrogens with two attached hydrogens (primary N) is 1.